The van der Waals surface area contributed by atoms with Gasteiger partial charge in [-0.05, 0) is 25.7 Å². The lowest BCUT2D eigenvalue weighted by Gasteiger charge is -2.33. The Morgan fingerprint density at radius 1 is 0.500 bits per heavy atom. The molecule has 0 saturated carbocycles. The van der Waals surface area contributed by atoms with Crippen LogP contribution in [0.1, 0.15) is 124 Å². The molecule has 0 amide bonds. The van der Waals surface area contributed by atoms with Gasteiger partial charge in [0.15, 0.2) is 0 Å². The lowest BCUT2D eigenvalue weighted by atomic mass is 10.1. The van der Waals surface area contributed by atoms with E-state index in [0.29, 0.717) is 6.17 Å². The van der Waals surface area contributed by atoms with E-state index in [1.165, 1.54) is 116 Å². The molecule has 0 aromatic heterocycles. The Kier molecular flexibility index (Phi) is 14.8. The van der Waals surface area contributed by atoms with Crippen LogP contribution in [0.2, 0.25) is 0 Å². The summed E-state index contributed by atoms with van der Waals surface area (Å²) in [7, 11) is 0. The Labute approximate surface area is 165 Å². The van der Waals surface area contributed by atoms with Crippen LogP contribution in [0.3, 0.4) is 0 Å². The van der Waals surface area contributed by atoms with Crippen LogP contribution in [0.4, 0.5) is 0 Å². The van der Waals surface area contributed by atoms with Crippen LogP contribution < -0.4 is 0 Å². The highest BCUT2D eigenvalue weighted by Crippen LogP contribution is 2.23. The van der Waals surface area contributed by atoms with Crippen LogP contribution in [-0.4, -0.2) is 29.1 Å². The third-order valence-electron chi connectivity index (χ3n) is 5.82. The second-order valence-corrected chi connectivity index (χ2v) is 8.29. The lowest BCUT2D eigenvalue weighted by Crippen LogP contribution is -2.39. The van der Waals surface area contributed by atoms with Gasteiger partial charge < -0.3 is 9.80 Å². The zero-order valence-electron chi connectivity index (χ0n) is 18.4. The van der Waals surface area contributed by atoms with Crippen LogP contribution in [0.25, 0.3) is 0 Å². The van der Waals surface area contributed by atoms with Crippen molar-refractivity contribution in [3.8, 4) is 0 Å². The summed E-state index contributed by atoms with van der Waals surface area (Å²) < 4.78 is 0. The van der Waals surface area contributed by atoms with E-state index in [4.69, 9.17) is 0 Å². The van der Waals surface area contributed by atoms with E-state index < -0.39 is 0 Å². The molecule has 1 heterocycles. The monoisotopic (exact) mass is 364 g/mol. The molecule has 2 heteroatoms. The van der Waals surface area contributed by atoms with Crippen LogP contribution >= 0.6 is 0 Å². The first-order valence-corrected chi connectivity index (χ1v) is 12.0. The second kappa shape index (κ2) is 16.5. The average Bonchev–Trinajstić information content (AvgIpc) is 3.03. The number of hydrogen-bond acceptors (Lipinski definition) is 2. The van der Waals surface area contributed by atoms with Gasteiger partial charge >= 0.3 is 0 Å². The summed E-state index contributed by atoms with van der Waals surface area (Å²) in [6, 6.07) is 0. The summed E-state index contributed by atoms with van der Waals surface area (Å²) in [5.41, 5.74) is 0. The molecule has 1 rings (SSSR count). The van der Waals surface area contributed by atoms with Crippen molar-refractivity contribution in [2.24, 2.45) is 0 Å². The summed E-state index contributed by atoms with van der Waals surface area (Å²) in [4.78, 5) is 5.29. The van der Waals surface area contributed by atoms with Gasteiger partial charge in [-0.15, -0.1) is 0 Å². The average molecular weight is 365 g/mol. The lowest BCUT2D eigenvalue weighted by molar-refractivity contribution is 0.135. The van der Waals surface area contributed by atoms with E-state index in [-0.39, 0.29) is 0 Å². The molecule has 1 aliphatic heterocycles. The molecule has 0 aromatic rings. The molecular formula is C24H48N2. The summed E-state index contributed by atoms with van der Waals surface area (Å²) in [5, 5.41) is 0. The predicted molar refractivity (Wildman–Crippen MR) is 117 cm³/mol. The fourth-order valence-electron chi connectivity index (χ4n) is 4.07. The van der Waals surface area contributed by atoms with Crippen molar-refractivity contribution in [3.63, 3.8) is 0 Å². The number of nitrogens with zero attached hydrogens (tertiary/aromatic N) is 2. The molecule has 0 aromatic carbocycles. The Balaban J connectivity index is 2.31. The minimum Gasteiger partial charge on any atom is -0.356 e. The van der Waals surface area contributed by atoms with Crippen molar-refractivity contribution in [2.45, 2.75) is 130 Å². The van der Waals surface area contributed by atoms with E-state index in [0.717, 1.165) is 0 Å². The van der Waals surface area contributed by atoms with Crippen molar-refractivity contribution in [1.29, 1.82) is 0 Å². The number of rotatable bonds is 18. The molecule has 0 bridgehead atoms. The van der Waals surface area contributed by atoms with Gasteiger partial charge in [0.25, 0.3) is 0 Å². The van der Waals surface area contributed by atoms with Crippen molar-refractivity contribution in [1.82, 2.24) is 9.80 Å². The van der Waals surface area contributed by atoms with Crippen molar-refractivity contribution >= 4 is 0 Å². The summed E-state index contributed by atoms with van der Waals surface area (Å²) in [5.74, 6) is 0. The Morgan fingerprint density at radius 3 is 1.35 bits per heavy atom. The van der Waals surface area contributed by atoms with E-state index in [1.807, 2.05) is 0 Å². The molecule has 0 saturated heterocycles. The van der Waals surface area contributed by atoms with Gasteiger partial charge in [0.1, 0.15) is 6.17 Å². The van der Waals surface area contributed by atoms with Gasteiger partial charge in [-0.3, -0.25) is 0 Å². The SMILES string of the molecule is CCCCCCCCCC1N(CCCCCC)C=CN1CCCCCC. The largest absolute Gasteiger partial charge is 0.356 e. The first kappa shape index (κ1) is 23.4. The van der Waals surface area contributed by atoms with Gasteiger partial charge in [-0.25, -0.2) is 0 Å². The molecule has 1 aliphatic rings. The van der Waals surface area contributed by atoms with Gasteiger partial charge in [-0.1, -0.05) is 97.8 Å². The van der Waals surface area contributed by atoms with E-state index >= 15 is 0 Å². The van der Waals surface area contributed by atoms with Gasteiger partial charge in [0.2, 0.25) is 0 Å². The molecule has 26 heavy (non-hydrogen) atoms. The smallest absolute Gasteiger partial charge is 0.101 e. The zero-order valence-corrected chi connectivity index (χ0v) is 18.4. The summed E-state index contributed by atoms with van der Waals surface area (Å²) in [6.45, 7) is 9.41. The van der Waals surface area contributed by atoms with Crippen molar-refractivity contribution < 1.29 is 0 Å². The van der Waals surface area contributed by atoms with Gasteiger partial charge in [0, 0.05) is 25.5 Å². The molecular weight excluding hydrogens is 316 g/mol. The normalized spacial score (nSPS) is 14.7. The standard InChI is InChI=1S/C24H48N2/c1-4-7-10-13-14-15-16-19-24-25(20-17-11-8-5-2)22-23-26(24)21-18-12-9-6-3/h22-24H,4-21H2,1-3H3. The highest BCUT2D eigenvalue weighted by atomic mass is 15.4. The molecule has 0 aliphatic carbocycles. The van der Waals surface area contributed by atoms with Crippen molar-refractivity contribution in [2.75, 3.05) is 13.1 Å². The maximum atomic E-state index is 2.65. The summed E-state index contributed by atoms with van der Waals surface area (Å²) in [6.07, 6.45) is 27.6. The van der Waals surface area contributed by atoms with Crippen LogP contribution in [-0.2, 0) is 0 Å². The Bertz CT molecular complexity index is 304. The molecule has 0 N–H and O–H groups in total. The number of hydrogen-bond donors (Lipinski definition) is 0. The zero-order chi connectivity index (χ0) is 18.9. The number of unbranched alkanes of at least 4 members (excludes halogenated alkanes) is 12. The van der Waals surface area contributed by atoms with E-state index in [2.05, 4.69) is 43.0 Å². The quantitative estimate of drug-likeness (QED) is 0.230. The van der Waals surface area contributed by atoms with Crippen LogP contribution in [0, 0.1) is 0 Å². The fraction of sp³-hybridized carbons (Fsp3) is 0.917. The fourth-order valence-corrected chi connectivity index (χ4v) is 4.07. The Hall–Kier alpha value is -0.660. The molecule has 0 fully saturated rings. The van der Waals surface area contributed by atoms with E-state index in [9.17, 15) is 0 Å². The minimum absolute atomic E-state index is 0.647. The molecule has 154 valence electrons. The molecule has 0 radical (unpaired) electrons. The topological polar surface area (TPSA) is 6.48 Å². The molecule has 0 atom stereocenters. The molecule has 0 unspecified atom stereocenters. The molecule has 0 spiro atoms. The highest BCUT2D eigenvalue weighted by molar-refractivity contribution is 4.96. The maximum Gasteiger partial charge on any atom is 0.101 e. The first-order chi connectivity index (χ1) is 12.8. The highest BCUT2D eigenvalue weighted by Gasteiger charge is 2.24. The first-order valence-electron chi connectivity index (χ1n) is 12.0. The van der Waals surface area contributed by atoms with Gasteiger partial charge in [0.05, 0.1) is 0 Å². The van der Waals surface area contributed by atoms with Crippen LogP contribution in [0.15, 0.2) is 12.4 Å². The third kappa shape index (κ3) is 10.5. The maximum absolute atomic E-state index is 2.65. The minimum atomic E-state index is 0.647. The van der Waals surface area contributed by atoms with Crippen LogP contribution in [0.5, 0.6) is 0 Å². The second-order valence-electron chi connectivity index (χ2n) is 8.29. The van der Waals surface area contributed by atoms with Gasteiger partial charge in [-0.2, -0.15) is 0 Å². The van der Waals surface area contributed by atoms with E-state index in [1.54, 1.807) is 0 Å². The van der Waals surface area contributed by atoms with Crippen molar-refractivity contribution in [3.05, 3.63) is 12.4 Å². The predicted octanol–water partition coefficient (Wildman–Crippen LogP) is 7.70. The molecule has 2 nitrogen and oxygen atoms in total. The Morgan fingerprint density at radius 2 is 0.885 bits per heavy atom. The summed E-state index contributed by atoms with van der Waals surface area (Å²) >= 11 is 0. The third-order valence-corrected chi connectivity index (χ3v) is 5.82.